The third kappa shape index (κ3) is 3.70. The van der Waals surface area contributed by atoms with Crippen molar-refractivity contribution in [1.82, 2.24) is 0 Å². The summed E-state index contributed by atoms with van der Waals surface area (Å²) >= 11 is 0. The minimum absolute atomic E-state index is 0. The minimum atomic E-state index is 0. The lowest BCUT2D eigenvalue weighted by atomic mass is 9.93. The zero-order chi connectivity index (χ0) is 10.6. The second kappa shape index (κ2) is 6.66. The Hall–Kier alpha value is -0.780. The maximum Gasteiger partial charge on any atom is -0.0193 e. The first kappa shape index (κ1) is 14.2. The van der Waals surface area contributed by atoms with E-state index in [4.69, 9.17) is 0 Å². The minimum Gasteiger partial charge on any atom is -0.0776 e. The monoisotopic (exact) mass is 206 g/mol. The quantitative estimate of drug-likeness (QED) is 0.623. The molecule has 2 atom stereocenters. The molecule has 0 nitrogen and oxygen atoms in total. The molecular formula is C15H26. The van der Waals surface area contributed by atoms with Gasteiger partial charge in [-0.1, -0.05) is 59.4 Å². The van der Waals surface area contributed by atoms with Crippen LogP contribution in [-0.4, -0.2) is 0 Å². The Morgan fingerprint density at radius 3 is 1.27 bits per heavy atom. The molecule has 0 heteroatoms. The van der Waals surface area contributed by atoms with Gasteiger partial charge in [-0.2, -0.15) is 0 Å². The molecule has 0 amide bonds. The summed E-state index contributed by atoms with van der Waals surface area (Å²) in [4.78, 5) is 0. The van der Waals surface area contributed by atoms with Gasteiger partial charge < -0.3 is 0 Å². The SMILES string of the molecule is C.CCC(C)c1ccc(C(C)CC)cc1. The Morgan fingerprint density at radius 1 is 0.800 bits per heavy atom. The number of benzene rings is 1. The van der Waals surface area contributed by atoms with E-state index in [-0.39, 0.29) is 7.43 Å². The van der Waals surface area contributed by atoms with E-state index in [1.807, 2.05) is 0 Å². The Kier molecular flexibility index (Phi) is 6.31. The van der Waals surface area contributed by atoms with E-state index in [1.165, 1.54) is 24.0 Å². The van der Waals surface area contributed by atoms with Crippen molar-refractivity contribution in [1.29, 1.82) is 0 Å². The van der Waals surface area contributed by atoms with Crippen LogP contribution in [0.1, 0.15) is 70.9 Å². The lowest BCUT2D eigenvalue weighted by Crippen LogP contribution is -1.94. The zero-order valence-electron chi connectivity index (χ0n) is 9.88. The van der Waals surface area contributed by atoms with Gasteiger partial charge in [0, 0.05) is 0 Å². The van der Waals surface area contributed by atoms with Crippen LogP contribution in [0, 0.1) is 0 Å². The Morgan fingerprint density at radius 2 is 1.07 bits per heavy atom. The fraction of sp³-hybridized carbons (Fsp3) is 0.600. The summed E-state index contributed by atoms with van der Waals surface area (Å²) in [6.45, 7) is 9.07. The summed E-state index contributed by atoms with van der Waals surface area (Å²) in [7, 11) is 0. The van der Waals surface area contributed by atoms with E-state index in [9.17, 15) is 0 Å². The second-order valence-corrected chi connectivity index (χ2v) is 4.29. The number of rotatable bonds is 4. The third-order valence-electron chi connectivity index (χ3n) is 3.30. The van der Waals surface area contributed by atoms with E-state index in [0.717, 1.165) is 0 Å². The highest BCUT2D eigenvalue weighted by molar-refractivity contribution is 5.26. The van der Waals surface area contributed by atoms with Crippen molar-refractivity contribution in [3.05, 3.63) is 35.4 Å². The molecule has 0 heterocycles. The van der Waals surface area contributed by atoms with Crippen LogP contribution in [-0.2, 0) is 0 Å². The molecule has 1 rings (SSSR count). The highest BCUT2D eigenvalue weighted by Crippen LogP contribution is 2.23. The molecule has 0 fully saturated rings. The van der Waals surface area contributed by atoms with Gasteiger partial charge in [0.1, 0.15) is 0 Å². The van der Waals surface area contributed by atoms with Gasteiger partial charge in [-0.15, -0.1) is 0 Å². The summed E-state index contributed by atoms with van der Waals surface area (Å²) in [6, 6.07) is 9.15. The van der Waals surface area contributed by atoms with Gasteiger partial charge >= 0.3 is 0 Å². The van der Waals surface area contributed by atoms with Gasteiger partial charge in [-0.25, -0.2) is 0 Å². The lowest BCUT2D eigenvalue weighted by molar-refractivity contribution is 0.719. The Bertz CT molecular complexity index is 229. The van der Waals surface area contributed by atoms with Gasteiger partial charge in [0.2, 0.25) is 0 Å². The Labute approximate surface area is 95.7 Å². The predicted octanol–water partition coefficient (Wildman–Crippen LogP) is 5.35. The van der Waals surface area contributed by atoms with Crippen LogP contribution >= 0.6 is 0 Å². The molecule has 86 valence electrons. The molecule has 0 bridgehead atoms. The van der Waals surface area contributed by atoms with Gasteiger partial charge in [-0.3, -0.25) is 0 Å². The molecule has 0 N–H and O–H groups in total. The van der Waals surface area contributed by atoms with Crippen molar-refractivity contribution >= 4 is 0 Å². The molecule has 0 aliphatic carbocycles. The van der Waals surface area contributed by atoms with E-state index >= 15 is 0 Å². The predicted molar refractivity (Wildman–Crippen MR) is 70.6 cm³/mol. The van der Waals surface area contributed by atoms with E-state index in [1.54, 1.807) is 0 Å². The van der Waals surface area contributed by atoms with Crippen LogP contribution in [0.2, 0.25) is 0 Å². The van der Waals surface area contributed by atoms with E-state index in [2.05, 4.69) is 52.0 Å². The van der Waals surface area contributed by atoms with Gasteiger partial charge in [-0.05, 0) is 35.8 Å². The lowest BCUT2D eigenvalue weighted by Gasteiger charge is -2.12. The zero-order valence-corrected chi connectivity index (χ0v) is 9.88. The van der Waals surface area contributed by atoms with Crippen LogP contribution in [0.15, 0.2) is 24.3 Å². The highest BCUT2D eigenvalue weighted by atomic mass is 14.1. The molecule has 0 saturated carbocycles. The van der Waals surface area contributed by atoms with Crippen molar-refractivity contribution in [2.45, 2.75) is 59.8 Å². The average molecular weight is 206 g/mol. The van der Waals surface area contributed by atoms with Crippen molar-refractivity contribution < 1.29 is 0 Å². The number of hydrogen-bond donors (Lipinski definition) is 0. The van der Waals surface area contributed by atoms with Crippen LogP contribution < -0.4 is 0 Å². The van der Waals surface area contributed by atoms with Crippen LogP contribution in [0.5, 0.6) is 0 Å². The maximum atomic E-state index is 2.29. The standard InChI is InChI=1S/C14H22.CH4/c1-5-11(3)13-7-9-14(10-8-13)12(4)6-2;/h7-12H,5-6H2,1-4H3;1H4. The molecule has 15 heavy (non-hydrogen) atoms. The fourth-order valence-electron chi connectivity index (χ4n) is 1.62. The Balaban J connectivity index is 0.00000196. The average Bonchev–Trinajstić information content (AvgIpc) is 2.27. The molecule has 0 radical (unpaired) electrons. The maximum absolute atomic E-state index is 2.29. The van der Waals surface area contributed by atoms with Gasteiger partial charge in [0.05, 0.1) is 0 Å². The second-order valence-electron chi connectivity index (χ2n) is 4.29. The fourth-order valence-corrected chi connectivity index (χ4v) is 1.62. The summed E-state index contributed by atoms with van der Waals surface area (Å²) in [6.07, 6.45) is 2.45. The molecule has 1 aromatic carbocycles. The first-order valence-corrected chi connectivity index (χ1v) is 5.78. The van der Waals surface area contributed by atoms with Crippen molar-refractivity contribution in [3.63, 3.8) is 0 Å². The van der Waals surface area contributed by atoms with Crippen LogP contribution in [0.25, 0.3) is 0 Å². The van der Waals surface area contributed by atoms with E-state index in [0.29, 0.717) is 11.8 Å². The van der Waals surface area contributed by atoms with Gasteiger partial charge in [0.15, 0.2) is 0 Å². The first-order valence-electron chi connectivity index (χ1n) is 5.78. The first-order chi connectivity index (χ1) is 6.69. The van der Waals surface area contributed by atoms with Crippen LogP contribution in [0.3, 0.4) is 0 Å². The molecule has 0 aromatic heterocycles. The summed E-state index contributed by atoms with van der Waals surface area (Å²) in [5, 5.41) is 0. The molecule has 2 unspecified atom stereocenters. The van der Waals surface area contributed by atoms with E-state index < -0.39 is 0 Å². The summed E-state index contributed by atoms with van der Waals surface area (Å²) < 4.78 is 0. The number of hydrogen-bond acceptors (Lipinski definition) is 0. The van der Waals surface area contributed by atoms with Crippen molar-refractivity contribution in [2.75, 3.05) is 0 Å². The molecule has 0 aliphatic rings. The van der Waals surface area contributed by atoms with Gasteiger partial charge in [0.25, 0.3) is 0 Å². The normalized spacial score (nSPS) is 14.1. The summed E-state index contributed by atoms with van der Waals surface area (Å²) in [5.74, 6) is 1.39. The topological polar surface area (TPSA) is 0 Å². The molecule has 0 saturated heterocycles. The molecular weight excluding hydrogens is 180 g/mol. The largest absolute Gasteiger partial charge is 0.0776 e. The van der Waals surface area contributed by atoms with Crippen molar-refractivity contribution in [2.24, 2.45) is 0 Å². The highest BCUT2D eigenvalue weighted by Gasteiger charge is 2.05. The van der Waals surface area contributed by atoms with Crippen molar-refractivity contribution in [3.8, 4) is 0 Å². The summed E-state index contributed by atoms with van der Waals surface area (Å²) in [5.41, 5.74) is 2.94. The smallest absolute Gasteiger partial charge is 0.0193 e. The third-order valence-corrected chi connectivity index (χ3v) is 3.30. The molecule has 1 aromatic rings. The molecule has 0 aliphatic heterocycles. The molecule has 0 spiro atoms. The van der Waals surface area contributed by atoms with Crippen LogP contribution in [0.4, 0.5) is 0 Å².